The van der Waals surface area contributed by atoms with Gasteiger partial charge in [-0.1, -0.05) is 29.3 Å². The Hall–Kier alpha value is -0.490. The van der Waals surface area contributed by atoms with Gasteiger partial charge in [0.2, 0.25) is 0 Å². The highest BCUT2D eigenvalue weighted by atomic mass is 79.9. The third-order valence-corrected chi connectivity index (χ3v) is 3.16. The molecule has 0 bridgehead atoms. The van der Waals surface area contributed by atoms with Gasteiger partial charge in [0.1, 0.15) is 0 Å². The lowest BCUT2D eigenvalue weighted by Gasteiger charge is -2.13. The van der Waals surface area contributed by atoms with Crippen LogP contribution in [0.1, 0.15) is 6.42 Å². The van der Waals surface area contributed by atoms with Crippen molar-refractivity contribution in [1.29, 1.82) is 0 Å². The molecule has 4 N–H and O–H groups in total. The molecule has 2 rings (SSSR count). The molecule has 4 nitrogen and oxygen atoms in total. The molecule has 1 aromatic carbocycles. The van der Waals surface area contributed by atoms with Crippen LogP contribution in [0.4, 0.5) is 5.69 Å². The first-order chi connectivity index (χ1) is 8.20. The molecular formula is C11H15BrCl2N4. The van der Waals surface area contributed by atoms with Crippen LogP contribution in [0.15, 0.2) is 23.2 Å². The number of halogens is 3. The minimum atomic E-state index is 0. The number of nitrogens with two attached hydrogens (primary N) is 1. The van der Waals surface area contributed by atoms with Gasteiger partial charge in [-0.3, -0.25) is 4.99 Å². The zero-order chi connectivity index (χ0) is 12.3. The molecule has 1 heterocycles. The molecule has 1 aromatic rings. The van der Waals surface area contributed by atoms with Gasteiger partial charge in [0.05, 0.1) is 22.3 Å². The monoisotopic (exact) mass is 352 g/mol. The summed E-state index contributed by atoms with van der Waals surface area (Å²) >= 11 is 12.1. The fraction of sp³-hybridized carbons (Fsp3) is 0.364. The number of benzene rings is 1. The number of nitrogens with zero attached hydrogens (tertiary/aromatic N) is 1. The first-order valence-corrected chi connectivity index (χ1v) is 6.18. The quantitative estimate of drug-likeness (QED) is 0.782. The molecule has 1 aliphatic rings. The van der Waals surface area contributed by atoms with Gasteiger partial charge in [-0.25, -0.2) is 0 Å². The Morgan fingerprint density at radius 3 is 2.67 bits per heavy atom. The zero-order valence-corrected chi connectivity index (χ0v) is 12.8. The van der Waals surface area contributed by atoms with E-state index in [-0.39, 0.29) is 17.0 Å². The van der Waals surface area contributed by atoms with E-state index in [4.69, 9.17) is 28.9 Å². The summed E-state index contributed by atoms with van der Waals surface area (Å²) in [5.41, 5.74) is 6.18. The topological polar surface area (TPSA) is 62.4 Å². The van der Waals surface area contributed by atoms with Crippen molar-refractivity contribution in [2.75, 3.05) is 18.4 Å². The molecule has 1 aliphatic heterocycles. The molecule has 1 atom stereocenters. The highest BCUT2D eigenvalue weighted by Gasteiger charge is 2.17. The summed E-state index contributed by atoms with van der Waals surface area (Å²) in [7, 11) is 0. The smallest absolute Gasteiger partial charge is 0.196 e. The van der Waals surface area contributed by atoms with E-state index in [2.05, 4.69) is 15.6 Å². The second-order valence-electron chi connectivity index (χ2n) is 3.83. The van der Waals surface area contributed by atoms with Gasteiger partial charge in [-0.15, -0.1) is 17.0 Å². The average molecular weight is 354 g/mol. The van der Waals surface area contributed by atoms with E-state index in [0.717, 1.165) is 13.0 Å². The Bertz CT molecular complexity index is 419. The van der Waals surface area contributed by atoms with Gasteiger partial charge in [-0.2, -0.15) is 0 Å². The Morgan fingerprint density at radius 2 is 2.06 bits per heavy atom. The van der Waals surface area contributed by atoms with E-state index in [1.165, 1.54) is 0 Å². The van der Waals surface area contributed by atoms with E-state index in [0.29, 0.717) is 34.3 Å². The number of hydrogen-bond donors (Lipinski definition) is 3. The highest BCUT2D eigenvalue weighted by molar-refractivity contribution is 8.93. The summed E-state index contributed by atoms with van der Waals surface area (Å²) in [6.07, 6.45) is 0.894. The molecule has 0 spiro atoms. The number of aliphatic imine (C=N–C) groups is 1. The molecule has 0 unspecified atom stereocenters. The lowest BCUT2D eigenvalue weighted by atomic mass is 10.2. The van der Waals surface area contributed by atoms with Crippen molar-refractivity contribution < 1.29 is 0 Å². The fourth-order valence-electron chi connectivity index (χ4n) is 1.66. The Kier molecular flexibility index (Phi) is 6.21. The van der Waals surface area contributed by atoms with Crippen molar-refractivity contribution >= 4 is 51.8 Å². The number of hydrogen-bond acceptors (Lipinski definition) is 4. The molecule has 0 aliphatic carbocycles. The van der Waals surface area contributed by atoms with Gasteiger partial charge >= 0.3 is 0 Å². The van der Waals surface area contributed by atoms with Crippen LogP contribution in [-0.4, -0.2) is 25.1 Å². The van der Waals surface area contributed by atoms with Crippen molar-refractivity contribution in [3.05, 3.63) is 28.2 Å². The van der Waals surface area contributed by atoms with Crippen LogP contribution >= 0.6 is 40.2 Å². The maximum absolute atomic E-state index is 6.06. The number of guanidine groups is 1. The molecule has 18 heavy (non-hydrogen) atoms. The van der Waals surface area contributed by atoms with E-state index < -0.39 is 0 Å². The zero-order valence-electron chi connectivity index (χ0n) is 9.62. The molecule has 0 radical (unpaired) electrons. The predicted octanol–water partition coefficient (Wildman–Crippen LogP) is 2.66. The van der Waals surface area contributed by atoms with E-state index in [1.54, 1.807) is 18.2 Å². The summed E-state index contributed by atoms with van der Waals surface area (Å²) in [5.74, 6) is 0.693. The Balaban J connectivity index is 0.00000162. The minimum absolute atomic E-state index is 0. The van der Waals surface area contributed by atoms with E-state index >= 15 is 0 Å². The van der Waals surface area contributed by atoms with Crippen molar-refractivity contribution in [3.63, 3.8) is 0 Å². The maximum Gasteiger partial charge on any atom is 0.196 e. The predicted molar refractivity (Wildman–Crippen MR) is 83.3 cm³/mol. The molecule has 100 valence electrons. The van der Waals surface area contributed by atoms with Crippen LogP contribution < -0.4 is 16.4 Å². The van der Waals surface area contributed by atoms with Gasteiger partial charge in [0.15, 0.2) is 5.96 Å². The van der Waals surface area contributed by atoms with Crippen molar-refractivity contribution in [2.24, 2.45) is 10.7 Å². The molecule has 0 fully saturated rings. The molecule has 0 saturated heterocycles. The van der Waals surface area contributed by atoms with Crippen LogP contribution in [0.25, 0.3) is 0 Å². The van der Waals surface area contributed by atoms with Crippen LogP contribution in [0, 0.1) is 0 Å². The molecule has 0 saturated carbocycles. The van der Waals surface area contributed by atoms with Gasteiger partial charge in [0.25, 0.3) is 0 Å². The highest BCUT2D eigenvalue weighted by Crippen LogP contribution is 2.29. The average Bonchev–Trinajstić information content (AvgIpc) is 2.72. The summed E-state index contributed by atoms with van der Waals surface area (Å²) in [5, 5.41) is 7.48. The first-order valence-electron chi connectivity index (χ1n) is 5.43. The summed E-state index contributed by atoms with van der Waals surface area (Å²) in [4.78, 5) is 4.33. The SMILES string of the molecule is Br.NCC[C@@H]1CN=C(Nc2c(Cl)cccc2Cl)N1. The standard InChI is InChI=1S/C11H14Cl2N4.BrH/c12-8-2-1-3-9(13)10(8)17-11-15-6-7(16-11)4-5-14;/h1-3,7H,4-6,14H2,(H2,15,16,17);1H/t7-;/m1./s1. The van der Waals surface area contributed by atoms with E-state index in [1.807, 2.05) is 0 Å². The Morgan fingerprint density at radius 1 is 1.39 bits per heavy atom. The lowest BCUT2D eigenvalue weighted by molar-refractivity contribution is 0.609. The first kappa shape index (κ1) is 15.6. The van der Waals surface area contributed by atoms with Crippen molar-refractivity contribution in [3.8, 4) is 0 Å². The van der Waals surface area contributed by atoms with Gasteiger partial charge in [0, 0.05) is 6.04 Å². The molecular weight excluding hydrogens is 339 g/mol. The minimum Gasteiger partial charge on any atom is -0.351 e. The van der Waals surface area contributed by atoms with Crippen LogP contribution in [0.5, 0.6) is 0 Å². The van der Waals surface area contributed by atoms with Gasteiger partial charge < -0.3 is 16.4 Å². The second-order valence-corrected chi connectivity index (χ2v) is 4.64. The number of rotatable bonds is 3. The number of para-hydroxylation sites is 1. The van der Waals surface area contributed by atoms with Gasteiger partial charge in [-0.05, 0) is 25.1 Å². The third-order valence-electron chi connectivity index (χ3n) is 2.53. The van der Waals surface area contributed by atoms with Crippen LogP contribution in [0.3, 0.4) is 0 Å². The summed E-state index contributed by atoms with van der Waals surface area (Å²) in [6.45, 7) is 1.37. The van der Waals surface area contributed by atoms with Crippen LogP contribution in [-0.2, 0) is 0 Å². The summed E-state index contributed by atoms with van der Waals surface area (Å²) < 4.78 is 0. The lowest BCUT2D eigenvalue weighted by Crippen LogP contribution is -2.35. The largest absolute Gasteiger partial charge is 0.351 e. The van der Waals surface area contributed by atoms with Crippen molar-refractivity contribution in [1.82, 2.24) is 5.32 Å². The number of nitrogens with one attached hydrogen (secondary N) is 2. The Labute approximate surface area is 127 Å². The maximum atomic E-state index is 6.06. The number of anilines is 1. The normalized spacial score (nSPS) is 17.7. The van der Waals surface area contributed by atoms with Crippen molar-refractivity contribution in [2.45, 2.75) is 12.5 Å². The molecule has 0 amide bonds. The van der Waals surface area contributed by atoms with Crippen LogP contribution in [0.2, 0.25) is 10.0 Å². The fourth-order valence-corrected chi connectivity index (χ4v) is 2.15. The molecule has 7 heteroatoms. The second kappa shape index (κ2) is 7.19. The summed E-state index contributed by atoms with van der Waals surface area (Å²) in [6, 6.07) is 5.66. The molecule has 0 aromatic heterocycles. The van der Waals surface area contributed by atoms with E-state index in [9.17, 15) is 0 Å². The third kappa shape index (κ3) is 3.75.